The van der Waals surface area contributed by atoms with Gasteiger partial charge in [-0.1, -0.05) is 54.1 Å². The summed E-state index contributed by atoms with van der Waals surface area (Å²) in [6.45, 7) is 1.39. The van der Waals surface area contributed by atoms with E-state index in [0.717, 1.165) is 17.7 Å². The molecule has 0 saturated heterocycles. The zero-order valence-electron chi connectivity index (χ0n) is 18.4. The van der Waals surface area contributed by atoms with Crippen molar-refractivity contribution in [3.8, 4) is 11.3 Å². The molecule has 1 N–H and O–H groups in total. The normalized spacial score (nSPS) is 12.6. The van der Waals surface area contributed by atoms with Crippen molar-refractivity contribution in [3.63, 3.8) is 0 Å². The molecule has 6 heteroatoms. The fourth-order valence-electron chi connectivity index (χ4n) is 4.54. The average molecular weight is 473 g/mol. The lowest BCUT2D eigenvalue weighted by Gasteiger charge is -2.20. The zero-order chi connectivity index (χ0) is 23.7. The van der Waals surface area contributed by atoms with E-state index in [-0.39, 0.29) is 23.8 Å². The molecule has 0 radical (unpaired) electrons. The van der Waals surface area contributed by atoms with Gasteiger partial charge in [0.25, 0.3) is 0 Å². The number of ketones is 2. The summed E-state index contributed by atoms with van der Waals surface area (Å²) in [6, 6.07) is 22.1. The highest BCUT2D eigenvalue weighted by molar-refractivity contribution is 6.35. The summed E-state index contributed by atoms with van der Waals surface area (Å²) in [6.07, 6.45) is 0.894. The molecule has 0 amide bonds. The van der Waals surface area contributed by atoms with Crippen LogP contribution in [0.1, 0.15) is 38.3 Å². The topological polar surface area (TPSA) is 51.1 Å². The predicted molar refractivity (Wildman–Crippen MR) is 132 cm³/mol. The molecule has 0 saturated carbocycles. The Morgan fingerprint density at radius 2 is 1.65 bits per heavy atom. The van der Waals surface area contributed by atoms with Crippen molar-refractivity contribution < 1.29 is 14.0 Å². The van der Waals surface area contributed by atoms with Gasteiger partial charge in [-0.3, -0.25) is 9.59 Å². The molecule has 1 aliphatic rings. The van der Waals surface area contributed by atoms with Crippen molar-refractivity contribution in [2.75, 3.05) is 11.9 Å². The second kappa shape index (κ2) is 9.27. The molecule has 34 heavy (non-hydrogen) atoms. The van der Waals surface area contributed by atoms with E-state index >= 15 is 0 Å². The predicted octanol–water partition coefficient (Wildman–Crippen LogP) is 6.42. The Hall–Kier alpha value is -3.70. The molecule has 1 aromatic heterocycles. The van der Waals surface area contributed by atoms with Gasteiger partial charge >= 0.3 is 0 Å². The lowest BCUT2D eigenvalue weighted by Crippen LogP contribution is -2.19. The maximum atomic E-state index is 13.9. The van der Waals surface area contributed by atoms with Gasteiger partial charge in [0, 0.05) is 30.6 Å². The Morgan fingerprint density at radius 3 is 2.38 bits per heavy atom. The highest BCUT2D eigenvalue weighted by Gasteiger charge is 2.31. The van der Waals surface area contributed by atoms with Gasteiger partial charge < -0.3 is 9.88 Å². The van der Waals surface area contributed by atoms with Gasteiger partial charge in [-0.05, 0) is 53.9 Å². The van der Waals surface area contributed by atoms with Crippen molar-refractivity contribution in [1.29, 1.82) is 0 Å². The third kappa shape index (κ3) is 4.03. The number of benzene rings is 3. The Labute approximate surface area is 202 Å². The molecule has 2 heterocycles. The minimum absolute atomic E-state index is 0.0317. The molecule has 4 nitrogen and oxygen atoms in total. The summed E-state index contributed by atoms with van der Waals surface area (Å²) in [5.41, 5.74) is 3.51. The standard InChI is InChI=1S/C28H22ClFN2O2/c29-23-10-5-4-9-21(23)27(34)25-22(17-24(33)18-7-2-1-3-8-18)26(19-11-13-20(30)14-12-19)32-16-6-15-31-28(25)32/h1-5,7-14,31H,6,15-17H2. The molecular formula is C28H22ClFN2O2. The van der Waals surface area contributed by atoms with Crippen LogP contribution in [-0.2, 0) is 13.0 Å². The van der Waals surface area contributed by atoms with E-state index < -0.39 is 0 Å². The second-order valence-electron chi connectivity index (χ2n) is 8.26. The van der Waals surface area contributed by atoms with Gasteiger partial charge in [0.15, 0.2) is 11.6 Å². The molecule has 5 rings (SSSR count). The number of aromatic nitrogens is 1. The Bertz CT molecular complexity index is 1380. The van der Waals surface area contributed by atoms with Crippen LogP contribution in [0.3, 0.4) is 0 Å². The molecule has 0 spiro atoms. The molecule has 0 aliphatic carbocycles. The molecule has 0 unspecified atom stereocenters. The van der Waals surface area contributed by atoms with Gasteiger partial charge in [-0.2, -0.15) is 0 Å². The van der Waals surface area contributed by atoms with E-state index in [2.05, 4.69) is 5.32 Å². The smallest absolute Gasteiger partial charge is 0.198 e. The van der Waals surface area contributed by atoms with Crippen LogP contribution in [0, 0.1) is 5.82 Å². The van der Waals surface area contributed by atoms with Crippen LogP contribution in [0.25, 0.3) is 11.3 Å². The van der Waals surface area contributed by atoms with Gasteiger partial charge in [-0.15, -0.1) is 0 Å². The third-order valence-electron chi connectivity index (χ3n) is 6.11. The number of nitrogens with one attached hydrogen (secondary N) is 1. The lowest BCUT2D eigenvalue weighted by molar-refractivity contribution is 0.0993. The first kappa shape index (κ1) is 22.1. The van der Waals surface area contributed by atoms with Crippen molar-refractivity contribution >= 4 is 29.0 Å². The third-order valence-corrected chi connectivity index (χ3v) is 6.44. The quantitative estimate of drug-likeness (QED) is 0.329. The SMILES string of the molecule is O=C(Cc1c(C(=O)c2ccccc2Cl)c2n(c1-c1ccc(F)cc1)CCCN2)c1ccccc1. The molecule has 1 aliphatic heterocycles. The minimum atomic E-state index is -0.346. The first-order valence-corrected chi connectivity index (χ1v) is 11.5. The molecule has 170 valence electrons. The summed E-state index contributed by atoms with van der Waals surface area (Å²) >= 11 is 6.39. The maximum Gasteiger partial charge on any atom is 0.198 e. The highest BCUT2D eigenvalue weighted by atomic mass is 35.5. The number of nitrogens with zero attached hydrogens (tertiary/aromatic N) is 1. The Balaban J connectivity index is 1.74. The van der Waals surface area contributed by atoms with Gasteiger partial charge in [0.1, 0.15) is 11.6 Å². The summed E-state index contributed by atoms with van der Waals surface area (Å²) in [4.78, 5) is 27.2. The number of anilines is 1. The van der Waals surface area contributed by atoms with Crippen LogP contribution in [0.4, 0.5) is 10.2 Å². The number of hydrogen-bond acceptors (Lipinski definition) is 3. The van der Waals surface area contributed by atoms with E-state index in [0.29, 0.717) is 46.2 Å². The Kier molecular flexibility index (Phi) is 6.03. The van der Waals surface area contributed by atoms with E-state index in [1.165, 1.54) is 12.1 Å². The van der Waals surface area contributed by atoms with E-state index in [1.54, 1.807) is 48.5 Å². The summed E-state index contributed by atoms with van der Waals surface area (Å²) in [5, 5.41) is 3.72. The van der Waals surface area contributed by atoms with Gasteiger partial charge in [-0.25, -0.2) is 4.39 Å². The van der Waals surface area contributed by atoms with Gasteiger partial charge in [0.2, 0.25) is 0 Å². The van der Waals surface area contributed by atoms with Crippen LogP contribution >= 0.6 is 11.6 Å². The van der Waals surface area contributed by atoms with Crippen molar-refractivity contribution in [2.24, 2.45) is 0 Å². The first-order chi connectivity index (χ1) is 16.5. The van der Waals surface area contributed by atoms with Crippen LogP contribution < -0.4 is 5.32 Å². The summed E-state index contributed by atoms with van der Waals surface area (Å²) < 4.78 is 15.8. The van der Waals surface area contributed by atoms with Crippen LogP contribution in [0.15, 0.2) is 78.9 Å². The summed E-state index contributed by atoms with van der Waals surface area (Å²) in [5.74, 6) is -0.0129. The van der Waals surface area contributed by atoms with Crippen molar-refractivity contribution in [1.82, 2.24) is 4.57 Å². The van der Waals surface area contributed by atoms with E-state index in [9.17, 15) is 14.0 Å². The van der Waals surface area contributed by atoms with Crippen molar-refractivity contribution in [2.45, 2.75) is 19.4 Å². The fraction of sp³-hybridized carbons (Fsp3) is 0.143. The van der Waals surface area contributed by atoms with Crippen molar-refractivity contribution in [3.05, 3.63) is 112 Å². The Morgan fingerprint density at radius 1 is 0.941 bits per heavy atom. The second-order valence-corrected chi connectivity index (χ2v) is 8.67. The summed E-state index contributed by atoms with van der Waals surface area (Å²) in [7, 11) is 0. The monoisotopic (exact) mass is 472 g/mol. The molecule has 0 fully saturated rings. The minimum Gasteiger partial charge on any atom is -0.371 e. The highest BCUT2D eigenvalue weighted by Crippen LogP contribution is 2.39. The fourth-order valence-corrected chi connectivity index (χ4v) is 4.77. The number of carbonyl (C=O) groups excluding carboxylic acids is 2. The lowest BCUT2D eigenvalue weighted by atomic mass is 9.93. The van der Waals surface area contributed by atoms with E-state index in [4.69, 9.17) is 11.6 Å². The number of carbonyl (C=O) groups is 2. The molecule has 4 aromatic rings. The number of halogens is 2. The maximum absolute atomic E-state index is 13.9. The largest absolute Gasteiger partial charge is 0.371 e. The number of hydrogen-bond donors (Lipinski definition) is 1. The van der Waals surface area contributed by atoms with E-state index in [1.807, 2.05) is 22.8 Å². The molecular weight excluding hydrogens is 451 g/mol. The molecule has 3 aromatic carbocycles. The van der Waals surface area contributed by atoms with Crippen LogP contribution in [-0.4, -0.2) is 22.7 Å². The first-order valence-electron chi connectivity index (χ1n) is 11.2. The zero-order valence-corrected chi connectivity index (χ0v) is 19.1. The average Bonchev–Trinajstić information content (AvgIpc) is 3.18. The number of Topliss-reactive ketones (excluding diaryl/α,β-unsaturated/α-hetero) is 1. The molecule has 0 atom stereocenters. The number of rotatable bonds is 6. The van der Waals surface area contributed by atoms with Crippen LogP contribution in [0.5, 0.6) is 0 Å². The van der Waals surface area contributed by atoms with Crippen LogP contribution in [0.2, 0.25) is 5.02 Å². The van der Waals surface area contributed by atoms with Gasteiger partial charge in [0.05, 0.1) is 16.3 Å². The number of fused-ring (bicyclic) bond motifs is 1. The molecule has 0 bridgehead atoms.